The van der Waals surface area contributed by atoms with Gasteiger partial charge in [-0.1, -0.05) is 61.7 Å². The fourth-order valence-electron chi connectivity index (χ4n) is 10.3. The SMILES string of the molecule is CCN(CC)c1ccc2c(c1)OC1=C[C@@H](N(CC)CC)C=CC1=C2c1ccc(S(=O)(=O)CCCOCCOCCOCCOCCC(=O)CCCCCNC(=O)Cc2c(C)n(C(=O)c3ccc(Cl)cc3)c3ccc(C)cc23)cc1SO. The standard InChI is InChI=1S/C63H79ClN4O11S2/c1-7-66(8-2)48-21-24-52-58(40-48)79-59-41-49(67(9-3)10-4)22-25-53(59)62(52)54-26-23-51(42-60(54)80-72)81(73,74)38-14-30-75-32-34-77-36-37-78-35-33-76-31-28-50(69)15-12-11-13-29-65-61(70)43-55-45(6)68(57-27-16-44(5)39-56(55)57)63(71)46-17-19-47(64)20-18-46/h16-27,39-42,48,72H,7-15,28-38,43H2,1-6H3,(H,65,70)/t48-/m0/s1. The smallest absolute Gasteiger partial charge is 0.262 e. The van der Waals surface area contributed by atoms with Crippen LogP contribution in [0.5, 0.6) is 5.75 Å². The molecular formula is C63H79ClN4O11S2. The van der Waals surface area contributed by atoms with Crippen LogP contribution >= 0.6 is 23.6 Å². The van der Waals surface area contributed by atoms with E-state index in [4.69, 9.17) is 35.3 Å². The summed E-state index contributed by atoms with van der Waals surface area (Å²) in [5.74, 6) is 1.16. The number of fused-ring (bicyclic) bond motifs is 3. The highest BCUT2D eigenvalue weighted by molar-refractivity contribution is 7.94. The van der Waals surface area contributed by atoms with E-state index < -0.39 is 9.84 Å². The Balaban J connectivity index is 0.730. The molecule has 2 N–H and O–H groups in total. The van der Waals surface area contributed by atoms with Crippen LogP contribution in [-0.2, 0) is 44.8 Å². The summed E-state index contributed by atoms with van der Waals surface area (Å²) in [5.41, 5.74) is 8.24. The van der Waals surface area contributed by atoms with Crippen LogP contribution in [0.25, 0.3) is 16.5 Å². The fraction of sp³-hybridized carbons (Fsp3) is 0.444. The zero-order valence-corrected chi connectivity index (χ0v) is 50.1. The van der Waals surface area contributed by atoms with Crippen molar-refractivity contribution in [1.82, 2.24) is 14.8 Å². The molecule has 4 aromatic carbocycles. The number of nitrogens with one attached hydrogen (secondary N) is 1. The highest BCUT2D eigenvalue weighted by Gasteiger charge is 2.31. The van der Waals surface area contributed by atoms with Crippen molar-refractivity contribution < 1.29 is 51.0 Å². The Bertz CT molecular complexity index is 3160. The number of allylic oxidation sites excluding steroid dienone is 1. The van der Waals surface area contributed by atoms with Crippen molar-refractivity contribution in [2.24, 2.45) is 0 Å². The average molecular weight is 1170 g/mol. The number of aromatic nitrogens is 1. The lowest BCUT2D eigenvalue weighted by Gasteiger charge is -2.33. The Hall–Kier alpha value is -5.60. The largest absolute Gasteiger partial charge is 0.456 e. The number of hydrogen-bond donors (Lipinski definition) is 2. The van der Waals surface area contributed by atoms with Gasteiger partial charge in [0.05, 0.1) is 74.9 Å². The van der Waals surface area contributed by atoms with Gasteiger partial charge >= 0.3 is 0 Å². The number of anilines is 1. The molecule has 436 valence electrons. The zero-order valence-electron chi connectivity index (χ0n) is 47.7. The molecule has 1 aliphatic heterocycles. The molecular weight excluding hydrogens is 1090 g/mol. The normalized spacial score (nSPS) is 14.0. The number of halogens is 1. The molecule has 18 heteroatoms. The minimum absolute atomic E-state index is 0.0604. The molecule has 5 aromatic rings. The molecule has 0 radical (unpaired) electrons. The lowest BCUT2D eigenvalue weighted by molar-refractivity contribution is -0.121. The highest BCUT2D eigenvalue weighted by Crippen LogP contribution is 2.47. The first-order chi connectivity index (χ1) is 39.2. The van der Waals surface area contributed by atoms with E-state index in [0.29, 0.717) is 105 Å². The summed E-state index contributed by atoms with van der Waals surface area (Å²) in [5, 5.41) is 4.44. The molecule has 81 heavy (non-hydrogen) atoms. The zero-order chi connectivity index (χ0) is 57.9. The molecule has 1 aliphatic carbocycles. The number of amides is 1. The van der Waals surface area contributed by atoms with E-state index in [9.17, 15) is 27.4 Å². The van der Waals surface area contributed by atoms with Crippen LogP contribution in [0.3, 0.4) is 0 Å². The van der Waals surface area contributed by atoms with E-state index in [1.165, 1.54) is 0 Å². The Morgan fingerprint density at radius 3 is 2.11 bits per heavy atom. The minimum Gasteiger partial charge on any atom is -0.456 e. The number of unbranched alkanes of at least 4 members (excludes halogenated alkanes) is 2. The highest BCUT2D eigenvalue weighted by atomic mass is 35.5. The Morgan fingerprint density at radius 1 is 0.753 bits per heavy atom. The Morgan fingerprint density at radius 2 is 1.43 bits per heavy atom. The number of likely N-dealkylation sites (N-methyl/N-ethyl adjacent to an activating group) is 1. The van der Waals surface area contributed by atoms with E-state index in [2.05, 4.69) is 79.2 Å². The molecule has 0 saturated heterocycles. The van der Waals surface area contributed by atoms with Gasteiger partial charge in [0.25, 0.3) is 5.91 Å². The summed E-state index contributed by atoms with van der Waals surface area (Å²) < 4.78 is 68.6. The number of ketones is 1. The van der Waals surface area contributed by atoms with Gasteiger partial charge in [-0.25, -0.2) is 8.42 Å². The van der Waals surface area contributed by atoms with E-state index in [1.54, 1.807) is 47.0 Å². The van der Waals surface area contributed by atoms with E-state index in [1.807, 2.05) is 32.0 Å². The van der Waals surface area contributed by atoms with E-state index >= 15 is 0 Å². The molecule has 0 bridgehead atoms. The molecule has 0 saturated carbocycles. The third kappa shape index (κ3) is 16.8. The van der Waals surface area contributed by atoms with Gasteiger partial charge in [-0.05, 0) is 138 Å². The number of benzene rings is 4. The molecule has 0 fully saturated rings. The second kappa shape index (κ2) is 31.2. The number of hydrogen-bond acceptors (Lipinski definition) is 14. The first-order valence-corrected chi connectivity index (χ1v) is 31.2. The second-order valence-electron chi connectivity index (χ2n) is 20.1. The molecule has 2 heterocycles. The van der Waals surface area contributed by atoms with Crippen LogP contribution in [0, 0.1) is 13.8 Å². The maximum atomic E-state index is 13.6. The molecule has 15 nitrogen and oxygen atoms in total. The van der Waals surface area contributed by atoms with Crippen LogP contribution in [-0.4, -0.2) is 137 Å². The van der Waals surface area contributed by atoms with Crippen molar-refractivity contribution in [3.8, 4) is 5.75 Å². The fourth-order valence-corrected chi connectivity index (χ4v) is 12.2. The number of nitrogens with zero attached hydrogens (tertiary/aromatic N) is 3. The van der Waals surface area contributed by atoms with Crippen LogP contribution in [0.15, 0.2) is 118 Å². The summed E-state index contributed by atoms with van der Waals surface area (Å²) in [6.07, 6.45) is 9.88. The van der Waals surface area contributed by atoms with Crippen molar-refractivity contribution in [1.29, 1.82) is 0 Å². The lowest BCUT2D eigenvalue weighted by atomic mass is 9.86. The first-order valence-electron chi connectivity index (χ1n) is 28.4. The van der Waals surface area contributed by atoms with Gasteiger partial charge in [0, 0.05) is 106 Å². The molecule has 1 amide bonds. The summed E-state index contributed by atoms with van der Waals surface area (Å²) in [6.45, 7) is 19.0. The minimum atomic E-state index is -3.69. The number of sulfone groups is 1. The second-order valence-corrected chi connectivity index (χ2v) is 23.2. The number of aryl methyl sites for hydroxylation is 1. The number of ether oxygens (including phenoxy) is 5. The summed E-state index contributed by atoms with van der Waals surface area (Å²) in [7, 11) is -3.69. The predicted molar refractivity (Wildman–Crippen MR) is 323 cm³/mol. The van der Waals surface area contributed by atoms with Crippen LogP contribution in [0.1, 0.15) is 105 Å². The maximum Gasteiger partial charge on any atom is 0.262 e. The van der Waals surface area contributed by atoms with Crippen molar-refractivity contribution in [2.45, 2.75) is 102 Å². The number of rotatable bonds is 34. The summed E-state index contributed by atoms with van der Waals surface area (Å²) in [6, 6.07) is 23.9. The van der Waals surface area contributed by atoms with Gasteiger partial charge in [-0.3, -0.25) is 23.9 Å². The van der Waals surface area contributed by atoms with Gasteiger partial charge in [0.15, 0.2) is 9.84 Å². The van der Waals surface area contributed by atoms with Crippen LogP contribution < -0.4 is 15.0 Å². The number of Topliss-reactive ketones (excluding diaryl/α,β-unsaturated/α-hetero) is 1. The van der Waals surface area contributed by atoms with Gasteiger partial charge in [-0.2, -0.15) is 0 Å². The van der Waals surface area contributed by atoms with Crippen molar-refractivity contribution >= 4 is 73.2 Å². The van der Waals surface area contributed by atoms with Gasteiger partial charge in [-0.15, -0.1) is 0 Å². The first kappa shape index (κ1) is 63.0. The van der Waals surface area contributed by atoms with Crippen molar-refractivity contribution in [3.63, 3.8) is 0 Å². The topological polar surface area (TPSA) is 175 Å². The van der Waals surface area contributed by atoms with Gasteiger partial charge < -0.3 is 38.5 Å². The molecule has 1 atom stereocenters. The molecule has 1 aromatic heterocycles. The van der Waals surface area contributed by atoms with Crippen molar-refractivity contribution in [3.05, 3.63) is 147 Å². The van der Waals surface area contributed by atoms with Crippen LogP contribution in [0.4, 0.5) is 5.69 Å². The lowest BCUT2D eigenvalue weighted by Crippen LogP contribution is -2.34. The van der Waals surface area contributed by atoms with E-state index in [-0.39, 0.29) is 47.3 Å². The Kier molecular flexibility index (Phi) is 24.2. The maximum absolute atomic E-state index is 13.6. The monoisotopic (exact) mass is 1170 g/mol. The van der Waals surface area contributed by atoms with Gasteiger partial charge in [0.1, 0.15) is 17.3 Å². The molecule has 0 unspecified atom stereocenters. The number of carbonyl (C=O) groups excluding carboxylic acids is 3. The van der Waals surface area contributed by atoms with Gasteiger partial charge in [0.2, 0.25) is 5.91 Å². The summed E-state index contributed by atoms with van der Waals surface area (Å²) in [4.78, 5) is 44.3. The predicted octanol–water partition coefficient (Wildman–Crippen LogP) is 11.5. The third-order valence-electron chi connectivity index (χ3n) is 14.7. The van der Waals surface area contributed by atoms with Crippen molar-refractivity contribution in [2.75, 3.05) is 96.2 Å². The molecule has 2 aliphatic rings. The Labute approximate surface area is 487 Å². The molecule has 0 spiro atoms. The summed E-state index contributed by atoms with van der Waals surface area (Å²) >= 11 is 6.59. The number of carbonyl (C=O) groups is 3. The van der Waals surface area contributed by atoms with Crippen LogP contribution in [0.2, 0.25) is 5.02 Å². The average Bonchev–Trinajstić information content (AvgIpc) is 3.81. The third-order valence-corrected chi connectivity index (χ3v) is 17.3. The quantitative estimate of drug-likeness (QED) is 0.0294. The molecule has 7 rings (SSSR count). The van der Waals surface area contributed by atoms with E-state index in [0.717, 1.165) is 107 Å².